The number of nitrogens with zero attached hydrogens (tertiary/aromatic N) is 1. The second-order valence-corrected chi connectivity index (χ2v) is 6.98. The first kappa shape index (κ1) is 18.3. The molecule has 5 nitrogen and oxygen atoms in total. The Kier molecular flexibility index (Phi) is 5.78. The summed E-state index contributed by atoms with van der Waals surface area (Å²) in [6.45, 7) is 2.05. The number of carbonyl (C=O) groups is 2. The third-order valence-corrected chi connectivity index (χ3v) is 4.94. The van der Waals surface area contributed by atoms with Crippen molar-refractivity contribution in [3.8, 4) is 0 Å². The minimum atomic E-state index is -0.226. The highest BCUT2D eigenvalue weighted by atomic mass is 35.5. The van der Waals surface area contributed by atoms with Crippen LogP contribution < -0.4 is 16.0 Å². The smallest absolute Gasteiger partial charge is 0.251 e. The Hall–Kier alpha value is -2.53. The Morgan fingerprint density at radius 1 is 1.12 bits per heavy atom. The highest BCUT2D eigenvalue weighted by Crippen LogP contribution is 2.23. The molecule has 3 rings (SSSR count). The molecule has 0 radical (unpaired) electrons. The lowest BCUT2D eigenvalue weighted by Gasteiger charge is -2.33. The van der Waals surface area contributed by atoms with E-state index in [1.807, 2.05) is 24.3 Å². The lowest BCUT2D eigenvalue weighted by molar-refractivity contribution is -0.122. The number of anilines is 1. The largest absolute Gasteiger partial charge is 0.371 e. The zero-order valence-corrected chi connectivity index (χ0v) is 15.2. The minimum absolute atomic E-state index is 0.0814. The molecule has 1 atom stereocenters. The number of piperidine rings is 1. The summed E-state index contributed by atoms with van der Waals surface area (Å²) in [6, 6.07) is 14.8. The average Bonchev–Trinajstić information content (AvgIpc) is 2.67. The monoisotopic (exact) mass is 371 g/mol. The van der Waals surface area contributed by atoms with Crippen LogP contribution in [0, 0.1) is 5.92 Å². The molecule has 0 aromatic heterocycles. The molecule has 0 saturated carbocycles. The SMILES string of the molecule is NC(=O)[C@@H]1CCCN(c2ccc(CNC(=O)c3ccc(Cl)cc3)cc2)C1. The van der Waals surface area contributed by atoms with Gasteiger partial charge in [-0.15, -0.1) is 0 Å². The van der Waals surface area contributed by atoms with Crippen molar-refractivity contribution in [3.05, 3.63) is 64.7 Å². The summed E-state index contributed by atoms with van der Waals surface area (Å²) in [7, 11) is 0. The van der Waals surface area contributed by atoms with E-state index >= 15 is 0 Å². The summed E-state index contributed by atoms with van der Waals surface area (Å²) in [6.07, 6.45) is 1.83. The molecule has 2 aromatic carbocycles. The summed E-state index contributed by atoms with van der Waals surface area (Å²) in [5, 5.41) is 3.50. The van der Waals surface area contributed by atoms with Gasteiger partial charge in [-0.25, -0.2) is 0 Å². The second kappa shape index (κ2) is 8.23. The molecule has 0 spiro atoms. The summed E-state index contributed by atoms with van der Waals surface area (Å²) < 4.78 is 0. The van der Waals surface area contributed by atoms with E-state index in [9.17, 15) is 9.59 Å². The number of benzene rings is 2. The molecule has 1 fully saturated rings. The maximum atomic E-state index is 12.1. The van der Waals surface area contributed by atoms with Gasteiger partial charge in [0, 0.05) is 35.9 Å². The lowest BCUT2D eigenvalue weighted by atomic mass is 9.97. The standard InChI is InChI=1S/C20H22ClN3O2/c21-17-7-5-15(6-8-17)20(26)23-12-14-3-9-18(10-4-14)24-11-1-2-16(13-24)19(22)25/h3-10,16H,1-2,11-13H2,(H2,22,25)(H,23,26)/t16-/m1/s1. The fourth-order valence-electron chi connectivity index (χ4n) is 3.15. The number of halogens is 1. The van der Waals surface area contributed by atoms with Crippen LogP contribution in [-0.4, -0.2) is 24.9 Å². The van der Waals surface area contributed by atoms with Crippen LogP contribution >= 0.6 is 11.6 Å². The van der Waals surface area contributed by atoms with Gasteiger partial charge in [-0.05, 0) is 54.8 Å². The van der Waals surface area contributed by atoms with Crippen LogP contribution in [0.2, 0.25) is 5.02 Å². The van der Waals surface area contributed by atoms with Gasteiger partial charge in [0.25, 0.3) is 5.91 Å². The third kappa shape index (κ3) is 4.55. The number of amides is 2. The van der Waals surface area contributed by atoms with E-state index < -0.39 is 0 Å². The Bertz CT molecular complexity index is 775. The van der Waals surface area contributed by atoms with E-state index in [0.717, 1.165) is 30.6 Å². The van der Waals surface area contributed by atoms with E-state index in [0.29, 0.717) is 23.7 Å². The zero-order valence-electron chi connectivity index (χ0n) is 14.5. The first-order chi connectivity index (χ1) is 12.5. The molecule has 0 aliphatic carbocycles. The van der Waals surface area contributed by atoms with Crippen molar-refractivity contribution in [2.24, 2.45) is 11.7 Å². The van der Waals surface area contributed by atoms with Gasteiger partial charge in [-0.3, -0.25) is 9.59 Å². The van der Waals surface area contributed by atoms with Crippen LogP contribution in [0.15, 0.2) is 48.5 Å². The molecule has 0 unspecified atom stereocenters. The lowest BCUT2D eigenvalue weighted by Crippen LogP contribution is -2.41. The first-order valence-electron chi connectivity index (χ1n) is 8.70. The fraction of sp³-hybridized carbons (Fsp3) is 0.300. The maximum Gasteiger partial charge on any atom is 0.251 e. The van der Waals surface area contributed by atoms with E-state index in [1.54, 1.807) is 24.3 Å². The van der Waals surface area contributed by atoms with Crippen LogP contribution in [0.1, 0.15) is 28.8 Å². The molecule has 2 aromatic rings. The molecule has 1 saturated heterocycles. The van der Waals surface area contributed by atoms with Crippen molar-refractivity contribution in [1.82, 2.24) is 5.32 Å². The summed E-state index contributed by atoms with van der Waals surface area (Å²) in [5.74, 6) is -0.440. The van der Waals surface area contributed by atoms with E-state index in [4.69, 9.17) is 17.3 Å². The number of nitrogens with two attached hydrogens (primary N) is 1. The maximum absolute atomic E-state index is 12.1. The van der Waals surface area contributed by atoms with Crippen LogP contribution in [0.25, 0.3) is 0 Å². The van der Waals surface area contributed by atoms with E-state index in [-0.39, 0.29) is 17.7 Å². The van der Waals surface area contributed by atoms with Crippen molar-refractivity contribution >= 4 is 29.1 Å². The predicted octanol–water partition coefficient (Wildman–Crippen LogP) is 2.97. The molecule has 6 heteroatoms. The van der Waals surface area contributed by atoms with Crippen LogP contribution in [0.5, 0.6) is 0 Å². The summed E-state index contributed by atoms with van der Waals surface area (Å²) in [5.41, 5.74) is 8.11. The molecule has 26 heavy (non-hydrogen) atoms. The van der Waals surface area contributed by atoms with Gasteiger partial charge in [-0.1, -0.05) is 23.7 Å². The molecular formula is C20H22ClN3O2. The fourth-order valence-corrected chi connectivity index (χ4v) is 3.28. The van der Waals surface area contributed by atoms with Gasteiger partial charge >= 0.3 is 0 Å². The topological polar surface area (TPSA) is 75.4 Å². The second-order valence-electron chi connectivity index (χ2n) is 6.54. The van der Waals surface area contributed by atoms with Crippen molar-refractivity contribution in [3.63, 3.8) is 0 Å². The van der Waals surface area contributed by atoms with Crippen molar-refractivity contribution in [1.29, 1.82) is 0 Å². The Morgan fingerprint density at radius 3 is 2.46 bits per heavy atom. The van der Waals surface area contributed by atoms with Gasteiger partial charge in [0.05, 0.1) is 5.92 Å². The highest BCUT2D eigenvalue weighted by molar-refractivity contribution is 6.30. The Labute approximate surface area is 158 Å². The molecule has 136 valence electrons. The number of hydrogen-bond acceptors (Lipinski definition) is 3. The highest BCUT2D eigenvalue weighted by Gasteiger charge is 2.24. The normalized spacial score (nSPS) is 17.0. The number of carbonyl (C=O) groups excluding carboxylic acids is 2. The summed E-state index contributed by atoms with van der Waals surface area (Å²) in [4.78, 5) is 25.7. The number of rotatable bonds is 5. The van der Waals surface area contributed by atoms with Gasteiger partial charge in [0.15, 0.2) is 0 Å². The predicted molar refractivity (Wildman–Crippen MR) is 103 cm³/mol. The van der Waals surface area contributed by atoms with Crippen LogP contribution in [0.3, 0.4) is 0 Å². The third-order valence-electron chi connectivity index (χ3n) is 4.68. The molecule has 2 amide bonds. The van der Waals surface area contributed by atoms with Crippen molar-refractivity contribution in [2.75, 3.05) is 18.0 Å². The van der Waals surface area contributed by atoms with E-state index in [2.05, 4.69) is 10.2 Å². The first-order valence-corrected chi connectivity index (χ1v) is 9.07. The molecule has 3 N–H and O–H groups in total. The minimum Gasteiger partial charge on any atom is -0.371 e. The van der Waals surface area contributed by atoms with Gasteiger partial charge < -0.3 is 16.0 Å². The molecule has 1 aliphatic rings. The van der Waals surface area contributed by atoms with Crippen molar-refractivity contribution in [2.45, 2.75) is 19.4 Å². The van der Waals surface area contributed by atoms with Gasteiger partial charge in [0.1, 0.15) is 0 Å². The molecular weight excluding hydrogens is 350 g/mol. The van der Waals surface area contributed by atoms with Crippen molar-refractivity contribution < 1.29 is 9.59 Å². The van der Waals surface area contributed by atoms with Gasteiger partial charge in [-0.2, -0.15) is 0 Å². The molecule has 0 bridgehead atoms. The zero-order chi connectivity index (χ0) is 18.5. The Balaban J connectivity index is 1.56. The average molecular weight is 372 g/mol. The molecule has 1 heterocycles. The van der Waals surface area contributed by atoms with Gasteiger partial charge in [0.2, 0.25) is 5.91 Å². The quantitative estimate of drug-likeness (QED) is 0.848. The summed E-state index contributed by atoms with van der Waals surface area (Å²) >= 11 is 5.83. The number of hydrogen-bond donors (Lipinski definition) is 2. The number of primary amides is 1. The molecule has 1 aliphatic heterocycles. The van der Waals surface area contributed by atoms with Crippen LogP contribution in [0.4, 0.5) is 5.69 Å². The Morgan fingerprint density at radius 2 is 1.81 bits per heavy atom. The van der Waals surface area contributed by atoms with Crippen LogP contribution in [-0.2, 0) is 11.3 Å². The van der Waals surface area contributed by atoms with E-state index in [1.165, 1.54) is 0 Å². The number of nitrogens with one attached hydrogen (secondary N) is 1.